The van der Waals surface area contributed by atoms with Crippen molar-refractivity contribution in [2.45, 2.75) is 13.8 Å². The lowest BCUT2D eigenvalue weighted by Crippen LogP contribution is -2.36. The first-order valence-electron chi connectivity index (χ1n) is 9.77. The highest BCUT2D eigenvalue weighted by molar-refractivity contribution is 5.84. The third-order valence-corrected chi connectivity index (χ3v) is 5.06. The molecule has 0 unspecified atom stereocenters. The molecule has 6 heteroatoms. The fourth-order valence-corrected chi connectivity index (χ4v) is 3.37. The standard InChI is InChI=1S/C23H25N5O/c1-4-17(2)5-6-18(3)28-21-16-24-10-9-20(21)26-23(28)19-7-8-22(25-15-19)27-11-13-29-14-12-27/h4-10,15-16H,1,11-14H2,2-3H3/b17-5-,18-6+. The van der Waals surface area contributed by atoms with Crippen LogP contribution in [0, 0.1) is 0 Å². The van der Waals surface area contributed by atoms with Gasteiger partial charge < -0.3 is 9.64 Å². The van der Waals surface area contributed by atoms with Crippen molar-refractivity contribution in [2.24, 2.45) is 0 Å². The van der Waals surface area contributed by atoms with Crippen molar-refractivity contribution in [3.63, 3.8) is 0 Å². The number of ether oxygens (including phenoxy) is 1. The molecule has 1 fully saturated rings. The Balaban J connectivity index is 1.76. The fraction of sp³-hybridized carbons (Fsp3) is 0.261. The van der Waals surface area contributed by atoms with Crippen molar-refractivity contribution in [1.29, 1.82) is 0 Å². The van der Waals surface area contributed by atoms with Crippen LogP contribution in [0.15, 0.2) is 67.2 Å². The van der Waals surface area contributed by atoms with Gasteiger partial charge in [-0.1, -0.05) is 24.3 Å². The lowest BCUT2D eigenvalue weighted by molar-refractivity contribution is 0.122. The summed E-state index contributed by atoms with van der Waals surface area (Å²) in [5.74, 6) is 1.82. The summed E-state index contributed by atoms with van der Waals surface area (Å²) in [5, 5.41) is 0. The van der Waals surface area contributed by atoms with Crippen LogP contribution >= 0.6 is 0 Å². The van der Waals surface area contributed by atoms with Crippen LogP contribution in [0.1, 0.15) is 13.8 Å². The molecule has 3 aromatic rings. The maximum atomic E-state index is 5.43. The maximum Gasteiger partial charge on any atom is 0.147 e. The summed E-state index contributed by atoms with van der Waals surface area (Å²) in [6.45, 7) is 11.1. The highest BCUT2D eigenvalue weighted by atomic mass is 16.5. The third-order valence-electron chi connectivity index (χ3n) is 5.06. The highest BCUT2D eigenvalue weighted by Crippen LogP contribution is 2.28. The fourth-order valence-electron chi connectivity index (χ4n) is 3.37. The molecular formula is C23H25N5O. The molecule has 1 saturated heterocycles. The number of anilines is 1. The van der Waals surface area contributed by atoms with E-state index in [-0.39, 0.29) is 0 Å². The Morgan fingerprint density at radius 1 is 1.10 bits per heavy atom. The number of fused-ring (bicyclic) bond motifs is 1. The Bertz CT molecular complexity index is 1070. The van der Waals surface area contributed by atoms with E-state index < -0.39 is 0 Å². The first-order valence-corrected chi connectivity index (χ1v) is 9.77. The van der Waals surface area contributed by atoms with Gasteiger partial charge in [0, 0.05) is 36.7 Å². The van der Waals surface area contributed by atoms with Crippen molar-refractivity contribution in [1.82, 2.24) is 19.5 Å². The highest BCUT2D eigenvalue weighted by Gasteiger charge is 2.16. The molecule has 148 valence electrons. The predicted molar refractivity (Wildman–Crippen MR) is 118 cm³/mol. The molecule has 6 nitrogen and oxygen atoms in total. The van der Waals surface area contributed by atoms with Gasteiger partial charge in [0.2, 0.25) is 0 Å². The number of morpholine rings is 1. The van der Waals surface area contributed by atoms with E-state index in [2.05, 4.69) is 46.2 Å². The van der Waals surface area contributed by atoms with Crippen LogP contribution in [0.25, 0.3) is 28.1 Å². The zero-order valence-electron chi connectivity index (χ0n) is 16.9. The van der Waals surface area contributed by atoms with Gasteiger partial charge in [-0.3, -0.25) is 9.55 Å². The molecule has 0 radical (unpaired) electrons. The van der Waals surface area contributed by atoms with Gasteiger partial charge in [0.15, 0.2) is 0 Å². The molecule has 0 spiro atoms. The van der Waals surface area contributed by atoms with E-state index in [0.717, 1.165) is 65.8 Å². The molecule has 3 aromatic heterocycles. The Morgan fingerprint density at radius 3 is 2.66 bits per heavy atom. The molecular weight excluding hydrogens is 362 g/mol. The molecule has 0 atom stereocenters. The maximum absolute atomic E-state index is 5.43. The molecule has 1 aliphatic rings. The Morgan fingerprint density at radius 2 is 1.93 bits per heavy atom. The number of pyridine rings is 2. The molecule has 0 saturated carbocycles. The van der Waals surface area contributed by atoms with Crippen molar-refractivity contribution in [2.75, 3.05) is 31.2 Å². The Labute approximate surface area is 170 Å². The van der Waals surface area contributed by atoms with Gasteiger partial charge in [-0.25, -0.2) is 9.97 Å². The van der Waals surface area contributed by atoms with Crippen LogP contribution in [0.2, 0.25) is 0 Å². The molecule has 4 heterocycles. The van der Waals surface area contributed by atoms with Crippen LogP contribution in [-0.4, -0.2) is 45.8 Å². The zero-order chi connectivity index (χ0) is 20.2. The number of aromatic nitrogens is 4. The second-order valence-electron chi connectivity index (χ2n) is 7.06. The predicted octanol–water partition coefficient (Wildman–Crippen LogP) is 4.32. The summed E-state index contributed by atoms with van der Waals surface area (Å²) in [6.07, 6.45) is 11.5. The number of nitrogens with zero attached hydrogens (tertiary/aromatic N) is 5. The van der Waals surface area contributed by atoms with Crippen molar-refractivity contribution < 1.29 is 4.74 Å². The number of hydrogen-bond acceptors (Lipinski definition) is 5. The molecule has 0 bridgehead atoms. The average molecular weight is 387 g/mol. The number of hydrogen-bond donors (Lipinski definition) is 0. The quantitative estimate of drug-likeness (QED) is 0.610. The SMILES string of the molecule is C=C/C(C)=C\C=C(/C)n1c(-c2ccc(N3CCOCC3)nc2)nc2ccncc21. The van der Waals surface area contributed by atoms with Crippen molar-refractivity contribution in [3.05, 3.63) is 67.2 Å². The molecule has 29 heavy (non-hydrogen) atoms. The second kappa shape index (κ2) is 8.41. The van der Waals surface area contributed by atoms with Gasteiger partial charge in [0.25, 0.3) is 0 Å². The van der Waals surface area contributed by atoms with E-state index in [4.69, 9.17) is 14.7 Å². The van der Waals surface area contributed by atoms with E-state index >= 15 is 0 Å². The molecule has 0 amide bonds. The minimum Gasteiger partial charge on any atom is -0.378 e. The summed E-state index contributed by atoms with van der Waals surface area (Å²) in [5.41, 5.74) is 5.00. The minimum atomic E-state index is 0.744. The summed E-state index contributed by atoms with van der Waals surface area (Å²) in [6, 6.07) is 6.08. The topological polar surface area (TPSA) is 56.1 Å². The van der Waals surface area contributed by atoms with Gasteiger partial charge in [0.05, 0.1) is 30.4 Å². The molecule has 0 aromatic carbocycles. The first-order chi connectivity index (χ1) is 14.2. The van der Waals surface area contributed by atoms with Crippen molar-refractivity contribution in [3.8, 4) is 11.4 Å². The van der Waals surface area contributed by atoms with Crippen LogP contribution in [-0.2, 0) is 4.74 Å². The monoisotopic (exact) mass is 387 g/mol. The summed E-state index contributed by atoms with van der Waals surface area (Å²) >= 11 is 0. The largest absolute Gasteiger partial charge is 0.378 e. The normalized spacial score (nSPS) is 15.7. The van der Waals surface area contributed by atoms with Gasteiger partial charge in [-0.05, 0) is 38.1 Å². The Kier molecular flexibility index (Phi) is 5.53. The number of rotatable bonds is 5. The van der Waals surface area contributed by atoms with Gasteiger partial charge in [-0.2, -0.15) is 0 Å². The van der Waals surface area contributed by atoms with E-state index in [0.29, 0.717) is 0 Å². The Hall–Kier alpha value is -3.25. The minimum absolute atomic E-state index is 0.744. The molecule has 1 aliphatic heterocycles. The lowest BCUT2D eigenvalue weighted by Gasteiger charge is -2.27. The summed E-state index contributed by atoms with van der Waals surface area (Å²) in [7, 11) is 0. The molecule has 4 rings (SSSR count). The van der Waals surface area contributed by atoms with E-state index in [1.54, 1.807) is 6.20 Å². The van der Waals surface area contributed by atoms with E-state index in [9.17, 15) is 0 Å². The van der Waals surface area contributed by atoms with Crippen LogP contribution < -0.4 is 4.90 Å². The zero-order valence-corrected chi connectivity index (χ0v) is 16.9. The van der Waals surface area contributed by atoms with Crippen LogP contribution in [0.5, 0.6) is 0 Å². The van der Waals surface area contributed by atoms with Gasteiger partial charge in [0.1, 0.15) is 11.6 Å². The smallest absolute Gasteiger partial charge is 0.147 e. The molecule has 0 N–H and O–H groups in total. The first kappa shape index (κ1) is 19.1. The van der Waals surface area contributed by atoms with E-state index in [1.807, 2.05) is 37.5 Å². The average Bonchev–Trinajstić information content (AvgIpc) is 3.17. The summed E-state index contributed by atoms with van der Waals surface area (Å²) in [4.78, 5) is 16.1. The number of allylic oxidation sites excluding steroid dienone is 5. The van der Waals surface area contributed by atoms with Gasteiger partial charge >= 0.3 is 0 Å². The number of imidazole rings is 1. The summed E-state index contributed by atoms with van der Waals surface area (Å²) < 4.78 is 7.56. The van der Waals surface area contributed by atoms with Crippen molar-refractivity contribution >= 4 is 22.5 Å². The lowest BCUT2D eigenvalue weighted by atomic mass is 10.2. The van der Waals surface area contributed by atoms with E-state index in [1.165, 1.54) is 0 Å². The van der Waals surface area contributed by atoms with Crippen LogP contribution in [0.3, 0.4) is 0 Å². The van der Waals surface area contributed by atoms with Gasteiger partial charge in [-0.15, -0.1) is 0 Å². The van der Waals surface area contributed by atoms with Crippen LogP contribution in [0.4, 0.5) is 5.82 Å². The molecule has 0 aliphatic carbocycles. The second-order valence-corrected chi connectivity index (χ2v) is 7.06. The third kappa shape index (κ3) is 3.98.